The molecule has 1 aliphatic heterocycles. The SMILES string of the molecule is COc1ccc(O)c(C(=O)N2CCC(C(C)Br)CC2)c1. The first-order valence-electron chi connectivity index (χ1n) is 6.83. The topological polar surface area (TPSA) is 49.8 Å². The van der Waals surface area contributed by atoms with Gasteiger partial charge < -0.3 is 14.7 Å². The van der Waals surface area contributed by atoms with Gasteiger partial charge in [-0.05, 0) is 37.0 Å². The number of phenols is 1. The maximum absolute atomic E-state index is 12.5. The van der Waals surface area contributed by atoms with E-state index in [1.165, 1.54) is 6.07 Å². The molecule has 2 rings (SSSR count). The molecule has 20 heavy (non-hydrogen) atoms. The van der Waals surface area contributed by atoms with Crippen LogP contribution < -0.4 is 4.74 Å². The standard InChI is InChI=1S/C15H20BrNO3/c1-10(16)11-5-7-17(8-6-11)15(19)13-9-12(20-2)3-4-14(13)18/h3-4,9-11,18H,5-8H2,1-2H3. The molecule has 0 radical (unpaired) electrons. The number of ether oxygens (including phenoxy) is 1. The molecule has 0 bridgehead atoms. The maximum atomic E-state index is 12.5. The van der Waals surface area contributed by atoms with Gasteiger partial charge in [0, 0.05) is 17.9 Å². The molecule has 5 heteroatoms. The van der Waals surface area contributed by atoms with Gasteiger partial charge in [-0.2, -0.15) is 0 Å². The summed E-state index contributed by atoms with van der Waals surface area (Å²) in [6.07, 6.45) is 1.98. The van der Waals surface area contributed by atoms with Gasteiger partial charge >= 0.3 is 0 Å². The summed E-state index contributed by atoms with van der Waals surface area (Å²) in [6.45, 7) is 3.61. The van der Waals surface area contributed by atoms with Gasteiger partial charge in [0.2, 0.25) is 0 Å². The van der Waals surface area contributed by atoms with Gasteiger partial charge in [0.25, 0.3) is 5.91 Å². The van der Waals surface area contributed by atoms with Crippen LogP contribution in [0.1, 0.15) is 30.1 Å². The van der Waals surface area contributed by atoms with Crippen molar-refractivity contribution in [3.05, 3.63) is 23.8 Å². The van der Waals surface area contributed by atoms with Crippen LogP contribution in [0.2, 0.25) is 0 Å². The van der Waals surface area contributed by atoms with Gasteiger partial charge in [0.1, 0.15) is 11.5 Å². The highest BCUT2D eigenvalue weighted by Gasteiger charge is 2.27. The number of likely N-dealkylation sites (tertiary alicyclic amines) is 1. The summed E-state index contributed by atoms with van der Waals surface area (Å²) in [5.41, 5.74) is 0.315. The third-order valence-electron chi connectivity index (χ3n) is 3.91. The number of phenolic OH excluding ortho intramolecular Hbond substituents is 1. The van der Waals surface area contributed by atoms with E-state index in [2.05, 4.69) is 22.9 Å². The molecular formula is C15H20BrNO3. The third kappa shape index (κ3) is 3.26. The second-order valence-electron chi connectivity index (χ2n) is 5.19. The van der Waals surface area contributed by atoms with E-state index in [4.69, 9.17) is 4.74 Å². The summed E-state index contributed by atoms with van der Waals surface area (Å²) in [5.74, 6) is 1.07. The molecular weight excluding hydrogens is 322 g/mol. The molecule has 1 fully saturated rings. The Morgan fingerprint density at radius 2 is 2.10 bits per heavy atom. The van der Waals surface area contributed by atoms with Crippen LogP contribution in [0.15, 0.2) is 18.2 Å². The molecule has 0 spiro atoms. The van der Waals surface area contributed by atoms with Gasteiger partial charge in [0.05, 0.1) is 12.7 Å². The molecule has 1 atom stereocenters. The lowest BCUT2D eigenvalue weighted by Crippen LogP contribution is -2.40. The molecule has 1 aliphatic rings. The van der Waals surface area contributed by atoms with Crippen molar-refractivity contribution in [1.82, 2.24) is 4.90 Å². The van der Waals surface area contributed by atoms with E-state index in [0.717, 1.165) is 25.9 Å². The number of alkyl halides is 1. The first-order chi connectivity index (χ1) is 9.52. The lowest BCUT2D eigenvalue weighted by Gasteiger charge is -2.33. The largest absolute Gasteiger partial charge is 0.507 e. The Bertz CT molecular complexity index is 482. The quantitative estimate of drug-likeness (QED) is 0.859. The first-order valence-corrected chi connectivity index (χ1v) is 7.75. The second-order valence-corrected chi connectivity index (χ2v) is 6.63. The minimum Gasteiger partial charge on any atom is -0.507 e. The number of methoxy groups -OCH3 is 1. The predicted molar refractivity (Wildman–Crippen MR) is 81.7 cm³/mol. The fraction of sp³-hybridized carbons (Fsp3) is 0.533. The van der Waals surface area contributed by atoms with Crippen molar-refractivity contribution < 1.29 is 14.6 Å². The van der Waals surface area contributed by atoms with E-state index in [9.17, 15) is 9.90 Å². The molecule has 1 saturated heterocycles. The number of benzene rings is 1. The molecule has 1 heterocycles. The molecule has 1 amide bonds. The first kappa shape index (κ1) is 15.2. The molecule has 0 saturated carbocycles. The Labute approximate surface area is 127 Å². The third-order valence-corrected chi connectivity index (χ3v) is 4.66. The minimum atomic E-state index is -0.123. The van der Waals surface area contributed by atoms with Crippen molar-refractivity contribution in [2.45, 2.75) is 24.6 Å². The van der Waals surface area contributed by atoms with E-state index >= 15 is 0 Å². The summed E-state index contributed by atoms with van der Waals surface area (Å²) in [6, 6.07) is 4.74. The summed E-state index contributed by atoms with van der Waals surface area (Å²) < 4.78 is 5.11. The number of carbonyl (C=O) groups excluding carboxylic acids is 1. The average molecular weight is 342 g/mol. The molecule has 1 N–H and O–H groups in total. The highest BCUT2D eigenvalue weighted by molar-refractivity contribution is 9.09. The van der Waals surface area contributed by atoms with Crippen LogP contribution in [0.25, 0.3) is 0 Å². The highest BCUT2D eigenvalue weighted by Crippen LogP contribution is 2.28. The van der Waals surface area contributed by atoms with Crippen molar-refractivity contribution in [2.75, 3.05) is 20.2 Å². The van der Waals surface area contributed by atoms with Crippen molar-refractivity contribution in [3.8, 4) is 11.5 Å². The number of hydrogen-bond acceptors (Lipinski definition) is 3. The van der Waals surface area contributed by atoms with Crippen molar-refractivity contribution in [2.24, 2.45) is 5.92 Å². The van der Waals surface area contributed by atoms with Crippen molar-refractivity contribution in [3.63, 3.8) is 0 Å². The molecule has 0 aromatic heterocycles. The van der Waals surface area contributed by atoms with Gasteiger partial charge in [-0.3, -0.25) is 4.79 Å². The number of carbonyl (C=O) groups is 1. The Morgan fingerprint density at radius 1 is 1.45 bits per heavy atom. The van der Waals surface area contributed by atoms with Gasteiger partial charge in [-0.1, -0.05) is 22.9 Å². The molecule has 1 aromatic rings. The average Bonchev–Trinajstić information content (AvgIpc) is 2.47. The summed E-state index contributed by atoms with van der Waals surface area (Å²) >= 11 is 3.61. The number of aromatic hydroxyl groups is 1. The number of amides is 1. The molecule has 0 aliphatic carbocycles. The fourth-order valence-corrected chi connectivity index (χ4v) is 3.07. The Morgan fingerprint density at radius 3 is 2.65 bits per heavy atom. The predicted octanol–water partition coefficient (Wildman–Crippen LogP) is 3.04. The maximum Gasteiger partial charge on any atom is 0.257 e. The second kappa shape index (κ2) is 6.48. The fourth-order valence-electron chi connectivity index (χ4n) is 2.55. The molecule has 4 nitrogen and oxygen atoms in total. The number of hydrogen-bond donors (Lipinski definition) is 1. The van der Waals surface area contributed by atoms with Crippen LogP contribution in [0, 0.1) is 5.92 Å². The summed E-state index contributed by atoms with van der Waals surface area (Å²) in [5, 5.41) is 9.86. The van der Waals surface area contributed by atoms with E-state index in [1.807, 2.05) is 0 Å². The molecule has 1 aromatic carbocycles. The van der Waals surface area contributed by atoms with E-state index < -0.39 is 0 Å². The van der Waals surface area contributed by atoms with E-state index in [1.54, 1.807) is 24.1 Å². The van der Waals surface area contributed by atoms with Gasteiger partial charge in [-0.25, -0.2) is 0 Å². The van der Waals surface area contributed by atoms with Crippen LogP contribution in [0.3, 0.4) is 0 Å². The van der Waals surface area contributed by atoms with Crippen LogP contribution in [-0.2, 0) is 0 Å². The normalized spacial score (nSPS) is 17.9. The Balaban J connectivity index is 2.09. The Hall–Kier alpha value is -1.23. The van der Waals surface area contributed by atoms with Crippen LogP contribution in [0.4, 0.5) is 0 Å². The highest BCUT2D eigenvalue weighted by atomic mass is 79.9. The van der Waals surface area contributed by atoms with Crippen molar-refractivity contribution >= 4 is 21.8 Å². The molecule has 1 unspecified atom stereocenters. The lowest BCUT2D eigenvalue weighted by molar-refractivity contribution is 0.0688. The van der Waals surface area contributed by atoms with Gasteiger partial charge in [0.15, 0.2) is 0 Å². The van der Waals surface area contributed by atoms with Gasteiger partial charge in [-0.15, -0.1) is 0 Å². The zero-order valence-electron chi connectivity index (χ0n) is 11.8. The van der Waals surface area contributed by atoms with Crippen molar-refractivity contribution in [1.29, 1.82) is 0 Å². The minimum absolute atomic E-state index is 0.00628. The summed E-state index contributed by atoms with van der Waals surface area (Å²) in [7, 11) is 1.55. The van der Waals surface area contributed by atoms with E-state index in [-0.39, 0.29) is 11.7 Å². The van der Waals surface area contributed by atoms with Crippen LogP contribution in [-0.4, -0.2) is 40.9 Å². The van der Waals surface area contributed by atoms with Crippen LogP contribution >= 0.6 is 15.9 Å². The summed E-state index contributed by atoms with van der Waals surface area (Å²) in [4.78, 5) is 14.7. The number of piperidine rings is 1. The number of nitrogens with zero attached hydrogens (tertiary/aromatic N) is 1. The Kier molecular flexibility index (Phi) is 4.91. The molecule has 110 valence electrons. The smallest absolute Gasteiger partial charge is 0.257 e. The lowest BCUT2D eigenvalue weighted by atomic mass is 9.94. The monoisotopic (exact) mass is 341 g/mol. The van der Waals surface area contributed by atoms with Crippen LogP contribution in [0.5, 0.6) is 11.5 Å². The zero-order valence-corrected chi connectivity index (χ0v) is 13.4. The van der Waals surface area contributed by atoms with E-state index in [0.29, 0.717) is 22.1 Å². The number of halogens is 1. The number of rotatable bonds is 3. The zero-order chi connectivity index (χ0) is 14.7.